The van der Waals surface area contributed by atoms with Crippen LogP contribution in [0.3, 0.4) is 0 Å². The van der Waals surface area contributed by atoms with E-state index in [1.165, 1.54) is 24.4 Å². The summed E-state index contributed by atoms with van der Waals surface area (Å²) in [5.74, 6) is -0.962. The highest BCUT2D eigenvalue weighted by molar-refractivity contribution is 6.35. The van der Waals surface area contributed by atoms with E-state index in [4.69, 9.17) is 23.1 Å². The normalized spacial score (nSPS) is 14.9. The zero-order valence-corrected chi connectivity index (χ0v) is 13.7. The molecule has 122 valence electrons. The number of nitrogens with two attached hydrogens (primary N) is 2. The molecule has 4 nitrogen and oxygen atoms in total. The molecular formula is C16H16Cl2FN3O. The average molecular weight is 356 g/mol. The fourth-order valence-corrected chi connectivity index (χ4v) is 2.64. The number of rotatable bonds is 4. The molecule has 1 aromatic heterocycles. The minimum atomic E-state index is -0.657. The van der Waals surface area contributed by atoms with Gasteiger partial charge in [0.15, 0.2) is 0 Å². The lowest BCUT2D eigenvalue weighted by molar-refractivity contribution is 0.103. The van der Waals surface area contributed by atoms with E-state index in [0.717, 1.165) is 12.8 Å². The molecule has 0 saturated heterocycles. The Labute approximate surface area is 144 Å². The quantitative estimate of drug-likeness (QED) is 0.822. The van der Waals surface area contributed by atoms with Gasteiger partial charge in [-0.3, -0.25) is 9.78 Å². The molecule has 3 rings (SSSR count). The lowest BCUT2D eigenvalue weighted by atomic mass is 9.97. The van der Waals surface area contributed by atoms with Crippen molar-refractivity contribution in [1.82, 2.24) is 4.98 Å². The minimum Gasteiger partial charge on any atom is -0.397 e. The number of pyridine rings is 1. The topological polar surface area (TPSA) is 82.0 Å². The van der Waals surface area contributed by atoms with Gasteiger partial charge in [-0.05, 0) is 37.0 Å². The first kappa shape index (κ1) is 17.7. The molecule has 1 atom stereocenters. The van der Waals surface area contributed by atoms with E-state index in [1.54, 1.807) is 6.07 Å². The molecule has 0 aliphatic heterocycles. The van der Waals surface area contributed by atoms with Gasteiger partial charge in [0.1, 0.15) is 11.5 Å². The molecule has 0 amide bonds. The first-order chi connectivity index (χ1) is 10.5. The van der Waals surface area contributed by atoms with Gasteiger partial charge in [0.2, 0.25) is 5.78 Å². The van der Waals surface area contributed by atoms with E-state index in [2.05, 4.69) is 4.98 Å². The number of carbonyl (C=O) groups is 1. The molecule has 1 fully saturated rings. The van der Waals surface area contributed by atoms with E-state index in [0.29, 0.717) is 11.3 Å². The van der Waals surface area contributed by atoms with Crippen LogP contribution in [0.15, 0.2) is 30.5 Å². The monoisotopic (exact) mass is 355 g/mol. The largest absolute Gasteiger partial charge is 0.397 e. The molecule has 23 heavy (non-hydrogen) atoms. The Balaban J connectivity index is 0.00000192. The van der Waals surface area contributed by atoms with Gasteiger partial charge in [0.05, 0.1) is 22.5 Å². The van der Waals surface area contributed by atoms with Crippen molar-refractivity contribution < 1.29 is 9.18 Å². The first-order valence-electron chi connectivity index (χ1n) is 6.98. The van der Waals surface area contributed by atoms with E-state index >= 15 is 0 Å². The van der Waals surface area contributed by atoms with Crippen LogP contribution < -0.4 is 11.5 Å². The Hall–Kier alpha value is -1.69. The van der Waals surface area contributed by atoms with Gasteiger partial charge < -0.3 is 11.5 Å². The fourth-order valence-electron chi connectivity index (χ4n) is 2.41. The second kappa shape index (κ2) is 6.83. The fraction of sp³-hybridized carbons (Fsp3) is 0.250. The second-order valence-corrected chi connectivity index (χ2v) is 5.90. The van der Waals surface area contributed by atoms with Crippen molar-refractivity contribution in [1.29, 1.82) is 0 Å². The molecule has 0 radical (unpaired) electrons. The number of hydrogen-bond donors (Lipinski definition) is 2. The molecule has 4 N–H and O–H groups in total. The highest BCUT2D eigenvalue weighted by Crippen LogP contribution is 2.41. The molecule has 1 heterocycles. The summed E-state index contributed by atoms with van der Waals surface area (Å²) in [7, 11) is 0. The smallest absolute Gasteiger partial charge is 0.215 e. The summed E-state index contributed by atoms with van der Waals surface area (Å²) in [5, 5.41) is 0.0490. The maximum absolute atomic E-state index is 14.7. The van der Waals surface area contributed by atoms with Gasteiger partial charge in [-0.2, -0.15) is 0 Å². The van der Waals surface area contributed by atoms with Crippen LogP contribution in [0.25, 0.3) is 0 Å². The summed E-state index contributed by atoms with van der Waals surface area (Å²) in [6, 6.07) is 5.62. The third-order valence-electron chi connectivity index (χ3n) is 3.86. The number of nitrogens with zero attached hydrogens (tertiary/aromatic N) is 1. The summed E-state index contributed by atoms with van der Waals surface area (Å²) in [6.07, 6.45) is 3.30. The minimum absolute atomic E-state index is 0. The molecule has 0 spiro atoms. The Bertz CT molecular complexity index is 733. The predicted octanol–water partition coefficient (Wildman–Crippen LogP) is 3.52. The standard InChI is InChI=1S/C16H15ClFN3O.ClH/c17-11-5-4-10(15(20)8-1-2-8)14(18)13(11)16(22)12-6-3-9(19)7-21-12;/h3-8,15H,1-2,19-20H2;1H/t15-;/m1./s1. The van der Waals surface area contributed by atoms with Crippen LogP contribution in [0.5, 0.6) is 0 Å². The maximum Gasteiger partial charge on any atom is 0.215 e. The summed E-state index contributed by atoms with van der Waals surface area (Å²) in [4.78, 5) is 16.4. The first-order valence-corrected chi connectivity index (χ1v) is 7.36. The van der Waals surface area contributed by atoms with E-state index in [-0.39, 0.29) is 34.6 Å². The molecule has 1 saturated carbocycles. The lowest BCUT2D eigenvalue weighted by Gasteiger charge is -2.15. The number of benzene rings is 1. The lowest BCUT2D eigenvalue weighted by Crippen LogP contribution is -2.17. The highest BCUT2D eigenvalue weighted by Gasteiger charge is 2.33. The molecule has 2 aromatic rings. The van der Waals surface area contributed by atoms with Gasteiger partial charge in [0.25, 0.3) is 0 Å². The zero-order chi connectivity index (χ0) is 15.9. The van der Waals surface area contributed by atoms with Crippen LogP contribution in [0, 0.1) is 11.7 Å². The van der Waals surface area contributed by atoms with E-state index in [1.807, 2.05) is 0 Å². The third-order valence-corrected chi connectivity index (χ3v) is 4.17. The van der Waals surface area contributed by atoms with Gasteiger partial charge >= 0.3 is 0 Å². The predicted molar refractivity (Wildman–Crippen MR) is 90.4 cm³/mol. The highest BCUT2D eigenvalue weighted by atomic mass is 35.5. The van der Waals surface area contributed by atoms with Crippen molar-refractivity contribution in [3.8, 4) is 0 Å². The molecule has 7 heteroatoms. The van der Waals surface area contributed by atoms with Crippen molar-refractivity contribution in [2.75, 3.05) is 5.73 Å². The number of nitrogen functional groups attached to an aromatic ring is 1. The summed E-state index contributed by atoms with van der Waals surface area (Å²) >= 11 is 6.02. The Morgan fingerprint density at radius 2 is 2.00 bits per heavy atom. The van der Waals surface area contributed by atoms with Crippen LogP contribution >= 0.6 is 24.0 Å². The van der Waals surface area contributed by atoms with Gasteiger partial charge in [0, 0.05) is 11.6 Å². The van der Waals surface area contributed by atoms with Crippen molar-refractivity contribution in [3.05, 3.63) is 58.1 Å². The Kier molecular flexibility index (Phi) is 5.24. The van der Waals surface area contributed by atoms with Crippen molar-refractivity contribution in [2.45, 2.75) is 18.9 Å². The summed E-state index contributed by atoms with van der Waals surface area (Å²) in [6.45, 7) is 0. The Morgan fingerprint density at radius 3 is 2.57 bits per heavy atom. The summed E-state index contributed by atoms with van der Waals surface area (Å²) in [5.41, 5.74) is 12.2. The van der Waals surface area contributed by atoms with Crippen LogP contribution in [0.1, 0.15) is 40.5 Å². The zero-order valence-electron chi connectivity index (χ0n) is 12.1. The van der Waals surface area contributed by atoms with Crippen LogP contribution in [-0.4, -0.2) is 10.8 Å². The van der Waals surface area contributed by atoms with Crippen LogP contribution in [-0.2, 0) is 0 Å². The number of halogens is 3. The molecule has 1 aliphatic rings. The number of aromatic nitrogens is 1. The van der Waals surface area contributed by atoms with Gasteiger partial charge in [-0.1, -0.05) is 17.7 Å². The summed E-state index contributed by atoms with van der Waals surface area (Å²) < 4.78 is 14.7. The van der Waals surface area contributed by atoms with Crippen molar-refractivity contribution in [3.63, 3.8) is 0 Å². The van der Waals surface area contributed by atoms with Gasteiger partial charge in [-0.15, -0.1) is 12.4 Å². The SMILES string of the molecule is Cl.Nc1ccc(C(=O)c2c(Cl)ccc([C@H](N)C3CC3)c2F)nc1. The van der Waals surface area contributed by atoms with Gasteiger partial charge in [-0.25, -0.2) is 4.39 Å². The average Bonchev–Trinajstić information content (AvgIpc) is 3.32. The Morgan fingerprint density at radius 1 is 1.30 bits per heavy atom. The van der Waals surface area contributed by atoms with Crippen molar-refractivity contribution in [2.24, 2.45) is 11.7 Å². The molecule has 0 unspecified atom stereocenters. The molecule has 1 aromatic carbocycles. The number of ketones is 1. The van der Waals surface area contributed by atoms with Crippen molar-refractivity contribution >= 4 is 35.5 Å². The molecular weight excluding hydrogens is 340 g/mol. The molecule has 1 aliphatic carbocycles. The second-order valence-electron chi connectivity index (χ2n) is 5.49. The van der Waals surface area contributed by atoms with Crippen LogP contribution in [0.4, 0.5) is 10.1 Å². The van der Waals surface area contributed by atoms with Crippen LogP contribution in [0.2, 0.25) is 5.02 Å². The number of anilines is 1. The third kappa shape index (κ3) is 3.47. The maximum atomic E-state index is 14.7. The van der Waals surface area contributed by atoms with E-state index < -0.39 is 17.6 Å². The molecule has 0 bridgehead atoms. The number of carbonyl (C=O) groups excluding carboxylic acids is 1. The van der Waals surface area contributed by atoms with E-state index in [9.17, 15) is 9.18 Å². The number of hydrogen-bond acceptors (Lipinski definition) is 4.